The first-order chi connectivity index (χ1) is 12.2. The lowest BCUT2D eigenvalue weighted by Crippen LogP contribution is -2.41. The SMILES string of the molecule is C[C@@H](NC(=O)CN1CCNCCOCC1)c1cccc2ccccc12. The summed E-state index contributed by atoms with van der Waals surface area (Å²) in [6, 6.07) is 14.5. The topological polar surface area (TPSA) is 53.6 Å². The number of rotatable bonds is 4. The lowest BCUT2D eigenvalue weighted by atomic mass is 10.00. The molecule has 1 saturated heterocycles. The van der Waals surface area contributed by atoms with Crippen LogP contribution in [-0.2, 0) is 9.53 Å². The van der Waals surface area contributed by atoms with Gasteiger partial charge in [-0.1, -0.05) is 42.5 Å². The van der Waals surface area contributed by atoms with Crippen molar-refractivity contribution in [2.45, 2.75) is 13.0 Å². The first-order valence-corrected chi connectivity index (χ1v) is 9.02. The highest BCUT2D eigenvalue weighted by Gasteiger charge is 2.15. The van der Waals surface area contributed by atoms with Crippen LogP contribution in [0.1, 0.15) is 18.5 Å². The molecular weight excluding hydrogens is 314 g/mol. The molecule has 0 unspecified atom stereocenters. The number of fused-ring (bicyclic) bond motifs is 1. The van der Waals surface area contributed by atoms with Crippen molar-refractivity contribution in [3.05, 3.63) is 48.0 Å². The molecule has 2 aromatic carbocycles. The van der Waals surface area contributed by atoms with E-state index in [1.54, 1.807) is 0 Å². The van der Waals surface area contributed by atoms with Gasteiger partial charge in [0.05, 0.1) is 25.8 Å². The monoisotopic (exact) mass is 341 g/mol. The minimum absolute atomic E-state index is 0.0227. The van der Waals surface area contributed by atoms with E-state index in [9.17, 15) is 4.79 Å². The van der Waals surface area contributed by atoms with Crippen molar-refractivity contribution in [2.24, 2.45) is 0 Å². The van der Waals surface area contributed by atoms with Crippen molar-refractivity contribution in [1.82, 2.24) is 15.5 Å². The molecule has 5 heteroatoms. The summed E-state index contributed by atoms with van der Waals surface area (Å²) in [5.41, 5.74) is 1.15. The maximum Gasteiger partial charge on any atom is 0.234 e. The second-order valence-electron chi connectivity index (χ2n) is 6.50. The van der Waals surface area contributed by atoms with Crippen molar-refractivity contribution in [2.75, 3.05) is 45.9 Å². The zero-order chi connectivity index (χ0) is 17.5. The van der Waals surface area contributed by atoms with Gasteiger partial charge in [-0.25, -0.2) is 0 Å². The van der Waals surface area contributed by atoms with Crippen LogP contribution in [0.2, 0.25) is 0 Å². The number of ether oxygens (including phenoxy) is 1. The van der Waals surface area contributed by atoms with E-state index in [0.29, 0.717) is 13.2 Å². The molecular formula is C20H27N3O2. The van der Waals surface area contributed by atoms with Gasteiger partial charge in [-0.3, -0.25) is 9.69 Å². The van der Waals surface area contributed by atoms with Crippen LogP contribution < -0.4 is 10.6 Å². The first-order valence-electron chi connectivity index (χ1n) is 9.02. The van der Waals surface area contributed by atoms with Gasteiger partial charge in [0, 0.05) is 26.2 Å². The number of nitrogens with zero attached hydrogens (tertiary/aromatic N) is 1. The molecule has 0 radical (unpaired) electrons. The Morgan fingerprint density at radius 1 is 1.16 bits per heavy atom. The molecule has 1 aliphatic rings. The van der Waals surface area contributed by atoms with Gasteiger partial charge in [0.15, 0.2) is 0 Å². The van der Waals surface area contributed by atoms with E-state index < -0.39 is 0 Å². The molecule has 2 aromatic rings. The van der Waals surface area contributed by atoms with E-state index in [1.165, 1.54) is 10.8 Å². The summed E-state index contributed by atoms with van der Waals surface area (Å²) in [4.78, 5) is 14.6. The second kappa shape index (κ2) is 8.94. The smallest absolute Gasteiger partial charge is 0.234 e. The predicted octanol–water partition coefficient (Wildman–Crippen LogP) is 1.94. The maximum absolute atomic E-state index is 12.5. The normalized spacial score (nSPS) is 18.1. The average Bonchev–Trinajstić information content (AvgIpc) is 2.75. The van der Waals surface area contributed by atoms with Crippen LogP contribution in [-0.4, -0.2) is 56.7 Å². The molecule has 25 heavy (non-hydrogen) atoms. The minimum atomic E-state index is -0.0227. The second-order valence-corrected chi connectivity index (χ2v) is 6.50. The van der Waals surface area contributed by atoms with Gasteiger partial charge >= 0.3 is 0 Å². The van der Waals surface area contributed by atoms with Crippen LogP contribution in [0.15, 0.2) is 42.5 Å². The summed E-state index contributed by atoms with van der Waals surface area (Å²) in [5, 5.41) is 8.86. The zero-order valence-corrected chi connectivity index (χ0v) is 14.8. The molecule has 0 bridgehead atoms. The molecule has 0 aromatic heterocycles. The summed E-state index contributed by atoms with van der Waals surface area (Å²) < 4.78 is 5.53. The van der Waals surface area contributed by atoms with Crippen LogP contribution in [0.5, 0.6) is 0 Å². The molecule has 1 amide bonds. The molecule has 0 aliphatic carbocycles. The number of hydrogen-bond acceptors (Lipinski definition) is 4. The van der Waals surface area contributed by atoms with Crippen LogP contribution in [0.25, 0.3) is 10.8 Å². The lowest BCUT2D eigenvalue weighted by Gasteiger charge is -2.22. The highest BCUT2D eigenvalue weighted by molar-refractivity contribution is 5.87. The number of carbonyl (C=O) groups is 1. The Balaban J connectivity index is 1.61. The average molecular weight is 341 g/mol. The Bertz CT molecular complexity index is 689. The maximum atomic E-state index is 12.5. The molecule has 0 saturated carbocycles. The van der Waals surface area contributed by atoms with Crippen LogP contribution >= 0.6 is 0 Å². The van der Waals surface area contributed by atoms with Gasteiger partial charge in [0.1, 0.15) is 0 Å². The van der Waals surface area contributed by atoms with Gasteiger partial charge < -0.3 is 15.4 Å². The van der Waals surface area contributed by atoms with Crippen molar-refractivity contribution < 1.29 is 9.53 Å². The molecule has 5 nitrogen and oxygen atoms in total. The van der Waals surface area contributed by atoms with Crippen molar-refractivity contribution in [1.29, 1.82) is 0 Å². The fourth-order valence-electron chi connectivity index (χ4n) is 3.27. The molecule has 134 valence electrons. The van der Waals surface area contributed by atoms with E-state index in [1.807, 2.05) is 25.1 Å². The predicted molar refractivity (Wildman–Crippen MR) is 101 cm³/mol. The van der Waals surface area contributed by atoms with E-state index in [-0.39, 0.29) is 11.9 Å². The van der Waals surface area contributed by atoms with Crippen molar-refractivity contribution >= 4 is 16.7 Å². The molecule has 3 rings (SSSR count). The molecule has 1 fully saturated rings. The first kappa shape index (κ1) is 17.9. The summed E-state index contributed by atoms with van der Waals surface area (Å²) in [6.45, 7) is 7.26. The van der Waals surface area contributed by atoms with Gasteiger partial charge in [-0.05, 0) is 23.3 Å². The van der Waals surface area contributed by atoms with Gasteiger partial charge in [-0.15, -0.1) is 0 Å². The van der Waals surface area contributed by atoms with E-state index in [4.69, 9.17) is 4.74 Å². The van der Waals surface area contributed by atoms with Crippen LogP contribution in [0.4, 0.5) is 0 Å². The van der Waals surface area contributed by atoms with Crippen molar-refractivity contribution in [3.8, 4) is 0 Å². The highest BCUT2D eigenvalue weighted by atomic mass is 16.5. The quantitative estimate of drug-likeness (QED) is 0.892. The van der Waals surface area contributed by atoms with Crippen LogP contribution in [0.3, 0.4) is 0 Å². The number of carbonyl (C=O) groups excluding carboxylic acids is 1. The highest BCUT2D eigenvalue weighted by Crippen LogP contribution is 2.23. The van der Waals surface area contributed by atoms with Gasteiger partial charge in [-0.2, -0.15) is 0 Å². The molecule has 1 aliphatic heterocycles. The summed E-state index contributed by atoms with van der Waals surface area (Å²) in [5.74, 6) is 0.0553. The largest absolute Gasteiger partial charge is 0.379 e. The van der Waals surface area contributed by atoms with Crippen molar-refractivity contribution in [3.63, 3.8) is 0 Å². The fourth-order valence-corrected chi connectivity index (χ4v) is 3.27. The Labute approximate surface area is 149 Å². The molecule has 1 atom stereocenters. The Kier molecular flexibility index (Phi) is 6.39. The molecule has 2 N–H and O–H groups in total. The summed E-state index contributed by atoms with van der Waals surface area (Å²) >= 11 is 0. The van der Waals surface area contributed by atoms with Gasteiger partial charge in [0.25, 0.3) is 0 Å². The van der Waals surface area contributed by atoms with E-state index in [2.05, 4.69) is 39.8 Å². The minimum Gasteiger partial charge on any atom is -0.379 e. The third-order valence-electron chi connectivity index (χ3n) is 4.61. The van der Waals surface area contributed by atoms with Crippen LogP contribution in [0, 0.1) is 0 Å². The molecule has 0 spiro atoms. The van der Waals surface area contributed by atoms with Gasteiger partial charge in [0.2, 0.25) is 5.91 Å². The fraction of sp³-hybridized carbons (Fsp3) is 0.450. The number of nitrogens with one attached hydrogen (secondary N) is 2. The number of hydrogen-bond donors (Lipinski definition) is 2. The lowest BCUT2D eigenvalue weighted by molar-refractivity contribution is -0.123. The zero-order valence-electron chi connectivity index (χ0n) is 14.8. The third kappa shape index (κ3) is 5.01. The number of amides is 1. The number of benzene rings is 2. The Morgan fingerprint density at radius 2 is 2.00 bits per heavy atom. The summed E-state index contributed by atoms with van der Waals surface area (Å²) in [7, 11) is 0. The van der Waals surface area contributed by atoms with E-state index in [0.717, 1.165) is 38.3 Å². The Hall–Kier alpha value is -1.95. The standard InChI is InChI=1S/C20H27N3O2/c1-16(18-8-4-6-17-5-2-3-7-19(17)18)22-20(24)15-23-11-9-21-10-13-25-14-12-23/h2-8,16,21H,9-15H2,1H3,(H,22,24)/t16-/m1/s1. The Morgan fingerprint density at radius 3 is 2.92 bits per heavy atom. The third-order valence-corrected chi connectivity index (χ3v) is 4.61. The molecule has 1 heterocycles. The summed E-state index contributed by atoms with van der Waals surface area (Å²) in [6.07, 6.45) is 0. The van der Waals surface area contributed by atoms with E-state index >= 15 is 0 Å².